The molecule has 0 aromatic heterocycles. The molecule has 1 aromatic carbocycles. The Balaban J connectivity index is 0.00000264. The van der Waals surface area contributed by atoms with Crippen LogP contribution in [0, 0.1) is 12.8 Å². The Kier molecular flexibility index (Phi) is 8.91. The zero-order chi connectivity index (χ0) is 15.9. The van der Waals surface area contributed by atoms with Gasteiger partial charge in [-0.3, -0.25) is 4.99 Å². The van der Waals surface area contributed by atoms with E-state index in [1.165, 1.54) is 11.1 Å². The second kappa shape index (κ2) is 10.1. The molecule has 0 aliphatic carbocycles. The van der Waals surface area contributed by atoms with Crippen LogP contribution in [-0.2, 0) is 4.74 Å². The number of aliphatic imine (C=N–C) groups is 1. The third-order valence-electron chi connectivity index (χ3n) is 4.34. The summed E-state index contributed by atoms with van der Waals surface area (Å²) in [5.41, 5.74) is 2.67. The van der Waals surface area contributed by atoms with Crippen molar-refractivity contribution in [2.24, 2.45) is 10.9 Å². The van der Waals surface area contributed by atoms with Gasteiger partial charge in [0.05, 0.1) is 6.61 Å². The lowest BCUT2D eigenvalue weighted by Gasteiger charge is -2.25. The van der Waals surface area contributed by atoms with Gasteiger partial charge >= 0.3 is 0 Å². The van der Waals surface area contributed by atoms with E-state index in [9.17, 15) is 0 Å². The lowest BCUT2D eigenvalue weighted by molar-refractivity contribution is 0.181. The highest BCUT2D eigenvalue weighted by molar-refractivity contribution is 14.0. The first-order valence-electron chi connectivity index (χ1n) is 8.16. The van der Waals surface area contributed by atoms with E-state index >= 15 is 0 Å². The van der Waals surface area contributed by atoms with Crippen molar-refractivity contribution in [3.05, 3.63) is 35.4 Å². The number of hydrogen-bond acceptors (Lipinski definition) is 2. The summed E-state index contributed by atoms with van der Waals surface area (Å²) in [7, 11) is 3.95. The molecule has 1 N–H and O–H groups in total. The quantitative estimate of drug-likeness (QED) is 0.442. The summed E-state index contributed by atoms with van der Waals surface area (Å²) in [6.45, 7) is 8.03. The molecule has 0 saturated carbocycles. The van der Waals surface area contributed by atoms with Crippen LogP contribution in [0.2, 0.25) is 0 Å². The van der Waals surface area contributed by atoms with Crippen LogP contribution in [0.5, 0.6) is 0 Å². The van der Waals surface area contributed by atoms with Crippen molar-refractivity contribution >= 4 is 29.9 Å². The van der Waals surface area contributed by atoms with Crippen LogP contribution in [0.3, 0.4) is 0 Å². The van der Waals surface area contributed by atoms with Crippen LogP contribution in [0.4, 0.5) is 0 Å². The van der Waals surface area contributed by atoms with Gasteiger partial charge in [-0.05, 0) is 24.8 Å². The van der Waals surface area contributed by atoms with Gasteiger partial charge in [-0.15, -0.1) is 24.0 Å². The van der Waals surface area contributed by atoms with Gasteiger partial charge in [-0.2, -0.15) is 0 Å². The van der Waals surface area contributed by atoms with Gasteiger partial charge in [0.15, 0.2) is 5.96 Å². The van der Waals surface area contributed by atoms with Gasteiger partial charge < -0.3 is 15.0 Å². The largest absolute Gasteiger partial charge is 0.381 e. The fraction of sp³-hybridized carbons (Fsp3) is 0.611. The first-order chi connectivity index (χ1) is 10.6. The number of nitrogens with one attached hydrogen (secondary N) is 1. The van der Waals surface area contributed by atoms with E-state index in [1.54, 1.807) is 0 Å². The minimum absolute atomic E-state index is 0. The molecule has 23 heavy (non-hydrogen) atoms. The Hall–Kier alpha value is -0.820. The van der Waals surface area contributed by atoms with Gasteiger partial charge in [0.1, 0.15) is 0 Å². The number of nitrogens with zero attached hydrogens (tertiary/aromatic N) is 2. The van der Waals surface area contributed by atoms with Crippen LogP contribution in [0.1, 0.15) is 30.4 Å². The van der Waals surface area contributed by atoms with E-state index in [0.29, 0.717) is 11.8 Å². The molecule has 130 valence electrons. The second-order valence-corrected chi connectivity index (χ2v) is 6.35. The van der Waals surface area contributed by atoms with Crippen molar-refractivity contribution in [1.82, 2.24) is 10.2 Å². The maximum absolute atomic E-state index is 5.45. The van der Waals surface area contributed by atoms with Gasteiger partial charge in [0.25, 0.3) is 0 Å². The number of aryl methyl sites for hydroxylation is 1. The average Bonchev–Trinajstić information content (AvgIpc) is 3.01. The van der Waals surface area contributed by atoms with Crippen LogP contribution >= 0.6 is 24.0 Å². The summed E-state index contributed by atoms with van der Waals surface area (Å²) >= 11 is 0. The van der Waals surface area contributed by atoms with Crippen molar-refractivity contribution in [2.75, 3.05) is 40.4 Å². The van der Waals surface area contributed by atoms with Gasteiger partial charge in [0, 0.05) is 39.7 Å². The Labute approximate surface area is 157 Å². The first-order valence-corrected chi connectivity index (χ1v) is 8.16. The fourth-order valence-corrected chi connectivity index (χ4v) is 2.84. The molecule has 1 aliphatic heterocycles. The monoisotopic (exact) mass is 431 g/mol. The molecular formula is C18H30IN3O. The SMILES string of the molecule is CN=C(NCC(C)c1ccc(C)cc1)N(C)CC1CCOC1.I. The number of ether oxygens (including phenoxy) is 1. The molecule has 1 heterocycles. The van der Waals surface area contributed by atoms with Crippen molar-refractivity contribution in [1.29, 1.82) is 0 Å². The zero-order valence-electron chi connectivity index (χ0n) is 14.7. The van der Waals surface area contributed by atoms with Crippen LogP contribution in [0.25, 0.3) is 0 Å². The normalized spacial score (nSPS) is 19.1. The van der Waals surface area contributed by atoms with E-state index in [4.69, 9.17) is 4.74 Å². The van der Waals surface area contributed by atoms with E-state index in [1.807, 2.05) is 7.05 Å². The number of halogens is 1. The topological polar surface area (TPSA) is 36.9 Å². The summed E-state index contributed by atoms with van der Waals surface area (Å²) in [6, 6.07) is 8.77. The molecule has 1 aliphatic rings. The van der Waals surface area contributed by atoms with Crippen LogP contribution in [0.15, 0.2) is 29.3 Å². The molecule has 1 saturated heterocycles. The standard InChI is InChI=1S/C18H29N3O.HI/c1-14-5-7-17(8-6-14)15(2)11-20-18(19-3)21(4)12-16-9-10-22-13-16;/h5-8,15-16H,9-13H2,1-4H3,(H,19,20);1H. The van der Waals surface area contributed by atoms with E-state index < -0.39 is 0 Å². The maximum atomic E-state index is 5.45. The number of benzene rings is 1. The summed E-state index contributed by atoms with van der Waals surface area (Å²) < 4.78 is 5.45. The molecule has 1 fully saturated rings. The summed E-state index contributed by atoms with van der Waals surface area (Å²) in [6.07, 6.45) is 1.15. The second-order valence-electron chi connectivity index (χ2n) is 6.35. The van der Waals surface area contributed by atoms with Gasteiger partial charge in [0.2, 0.25) is 0 Å². The molecular weight excluding hydrogens is 401 g/mol. The predicted molar refractivity (Wildman–Crippen MR) is 108 cm³/mol. The molecule has 2 atom stereocenters. The molecule has 2 unspecified atom stereocenters. The van der Waals surface area contributed by atoms with E-state index in [2.05, 4.69) is 60.4 Å². The summed E-state index contributed by atoms with van der Waals surface area (Å²) in [5.74, 6) is 2.05. The molecule has 1 aromatic rings. The van der Waals surface area contributed by atoms with Gasteiger partial charge in [-0.1, -0.05) is 36.8 Å². The number of rotatable bonds is 5. The molecule has 0 amide bonds. The first kappa shape index (κ1) is 20.2. The number of guanidine groups is 1. The maximum Gasteiger partial charge on any atom is 0.193 e. The Morgan fingerprint density at radius 2 is 2.09 bits per heavy atom. The van der Waals surface area contributed by atoms with Gasteiger partial charge in [-0.25, -0.2) is 0 Å². The van der Waals surface area contributed by atoms with Crippen LogP contribution in [-0.4, -0.2) is 51.3 Å². The Morgan fingerprint density at radius 3 is 2.65 bits per heavy atom. The minimum Gasteiger partial charge on any atom is -0.381 e. The molecule has 2 rings (SSSR count). The van der Waals surface area contributed by atoms with Crippen LogP contribution < -0.4 is 5.32 Å². The fourth-order valence-electron chi connectivity index (χ4n) is 2.84. The minimum atomic E-state index is 0. The third-order valence-corrected chi connectivity index (χ3v) is 4.34. The lowest BCUT2D eigenvalue weighted by Crippen LogP contribution is -2.42. The van der Waals surface area contributed by atoms with Crippen molar-refractivity contribution in [2.45, 2.75) is 26.2 Å². The molecule has 4 nitrogen and oxygen atoms in total. The highest BCUT2D eigenvalue weighted by atomic mass is 127. The molecule has 0 spiro atoms. The molecule has 5 heteroatoms. The number of hydrogen-bond donors (Lipinski definition) is 1. The van der Waals surface area contributed by atoms with Crippen molar-refractivity contribution in [3.63, 3.8) is 0 Å². The average molecular weight is 431 g/mol. The predicted octanol–water partition coefficient (Wildman–Crippen LogP) is 3.26. The van der Waals surface area contributed by atoms with E-state index in [-0.39, 0.29) is 24.0 Å². The zero-order valence-corrected chi connectivity index (χ0v) is 17.0. The Bertz CT molecular complexity index is 484. The van der Waals surface area contributed by atoms with Crippen molar-refractivity contribution in [3.8, 4) is 0 Å². The summed E-state index contributed by atoms with van der Waals surface area (Å²) in [5, 5.41) is 3.49. The lowest BCUT2D eigenvalue weighted by atomic mass is 10.0. The molecule has 0 bridgehead atoms. The highest BCUT2D eigenvalue weighted by Gasteiger charge is 2.19. The Morgan fingerprint density at radius 1 is 1.39 bits per heavy atom. The van der Waals surface area contributed by atoms with E-state index in [0.717, 1.165) is 38.7 Å². The smallest absolute Gasteiger partial charge is 0.193 e. The molecule has 0 radical (unpaired) electrons. The summed E-state index contributed by atoms with van der Waals surface area (Å²) in [4.78, 5) is 6.61. The third kappa shape index (κ3) is 6.30. The highest BCUT2D eigenvalue weighted by Crippen LogP contribution is 2.16. The van der Waals surface area contributed by atoms with Crippen molar-refractivity contribution < 1.29 is 4.74 Å².